The summed E-state index contributed by atoms with van der Waals surface area (Å²) in [6.45, 7) is 10.00. The molecule has 0 spiro atoms. The summed E-state index contributed by atoms with van der Waals surface area (Å²) in [4.78, 5) is 20.1. The van der Waals surface area contributed by atoms with Crippen molar-refractivity contribution in [2.24, 2.45) is 10.4 Å². The second-order valence-corrected chi connectivity index (χ2v) is 11.7. The Balaban J connectivity index is 1.59. The molecule has 7 nitrogen and oxygen atoms in total. The van der Waals surface area contributed by atoms with Crippen LogP contribution in [0.3, 0.4) is 0 Å². The van der Waals surface area contributed by atoms with Gasteiger partial charge in [-0.1, -0.05) is 32.0 Å². The Labute approximate surface area is 199 Å². The van der Waals surface area contributed by atoms with Crippen LogP contribution in [-0.2, 0) is 10.0 Å². The summed E-state index contributed by atoms with van der Waals surface area (Å²) in [6, 6.07) is 11.7. The molecule has 8 heteroatoms. The number of anilines is 1. The lowest BCUT2D eigenvalue weighted by Gasteiger charge is -2.37. The number of benzene rings is 2. The van der Waals surface area contributed by atoms with Gasteiger partial charge in [-0.05, 0) is 55.9 Å². The second-order valence-electron chi connectivity index (χ2n) is 10.1. The van der Waals surface area contributed by atoms with E-state index in [4.69, 9.17) is 9.41 Å². The molecule has 0 saturated carbocycles. The number of sulfonamides is 1. The molecular weight excluding hydrogens is 450 g/mol. The van der Waals surface area contributed by atoms with E-state index < -0.39 is 16.1 Å². The van der Waals surface area contributed by atoms with Crippen molar-refractivity contribution >= 4 is 32.7 Å². The van der Waals surface area contributed by atoms with Crippen LogP contribution in [0.5, 0.6) is 0 Å². The molecular formula is C26H29N3O4S. The van der Waals surface area contributed by atoms with Crippen LogP contribution in [0, 0.1) is 12.3 Å². The normalized spacial score (nSPS) is 20.8. The van der Waals surface area contributed by atoms with E-state index in [0.29, 0.717) is 28.3 Å². The fraction of sp³-hybridized carbons (Fsp3) is 0.385. The Bertz CT molecular complexity index is 1480. The minimum atomic E-state index is -3.63. The van der Waals surface area contributed by atoms with Crippen molar-refractivity contribution in [2.45, 2.75) is 51.5 Å². The molecule has 0 bridgehead atoms. The number of aliphatic imine (C=N–C) groups is 1. The first-order chi connectivity index (χ1) is 16.0. The third-order valence-corrected chi connectivity index (χ3v) is 8.25. The van der Waals surface area contributed by atoms with Gasteiger partial charge < -0.3 is 9.32 Å². The van der Waals surface area contributed by atoms with Crippen molar-refractivity contribution in [1.29, 1.82) is 0 Å². The van der Waals surface area contributed by atoms with Gasteiger partial charge in [0.1, 0.15) is 11.4 Å². The molecule has 1 unspecified atom stereocenters. The van der Waals surface area contributed by atoms with Crippen LogP contribution in [0.15, 0.2) is 61.6 Å². The highest BCUT2D eigenvalue weighted by atomic mass is 32.2. The van der Waals surface area contributed by atoms with Crippen LogP contribution >= 0.6 is 0 Å². The maximum absolute atomic E-state index is 13.1. The second kappa shape index (κ2) is 7.98. The Kier molecular flexibility index (Phi) is 5.31. The summed E-state index contributed by atoms with van der Waals surface area (Å²) >= 11 is 0. The van der Waals surface area contributed by atoms with Crippen molar-refractivity contribution in [3.8, 4) is 0 Å². The van der Waals surface area contributed by atoms with Gasteiger partial charge in [-0.25, -0.2) is 8.42 Å². The third kappa shape index (κ3) is 4.00. The van der Waals surface area contributed by atoms with Crippen LogP contribution < -0.4 is 15.1 Å². The van der Waals surface area contributed by atoms with Crippen LogP contribution in [0.2, 0.25) is 0 Å². The molecule has 34 heavy (non-hydrogen) atoms. The van der Waals surface area contributed by atoms with Crippen molar-refractivity contribution in [3.63, 3.8) is 0 Å². The number of piperidine rings is 1. The topological polar surface area (TPSA) is 92.0 Å². The van der Waals surface area contributed by atoms with E-state index in [-0.39, 0.29) is 15.7 Å². The van der Waals surface area contributed by atoms with Crippen molar-refractivity contribution in [2.75, 3.05) is 18.0 Å². The van der Waals surface area contributed by atoms with Crippen LogP contribution in [0.4, 0.5) is 5.88 Å². The summed E-state index contributed by atoms with van der Waals surface area (Å²) in [6.07, 6.45) is 2.05. The number of nitrogens with zero attached hydrogens (tertiary/aromatic N) is 2. The average Bonchev–Trinajstić information content (AvgIpc) is 3.03. The molecule has 1 saturated heterocycles. The summed E-state index contributed by atoms with van der Waals surface area (Å²) < 4.78 is 33.9. The molecule has 178 valence electrons. The van der Waals surface area contributed by atoms with E-state index in [1.165, 1.54) is 0 Å². The Hall–Kier alpha value is -3.13. The molecule has 3 aromatic rings. The van der Waals surface area contributed by atoms with Gasteiger partial charge in [0.2, 0.25) is 0 Å². The van der Waals surface area contributed by atoms with E-state index in [1.807, 2.05) is 26.0 Å². The largest absolute Gasteiger partial charge is 0.440 e. The minimum Gasteiger partial charge on any atom is -0.440 e. The molecule has 5 rings (SSSR count). The standard InChI is InChI=1S/C26H29N3O4S/c1-16-13-19(17(2)27-25-18-7-5-6-8-22(18)34(31,32)28-25)24-20(14-16)21(30)15-23(33-24)29-11-9-26(3,4)10-12-29/h5-8,13-15,17H,9-12H2,1-4H3,(H,27,28). The van der Waals surface area contributed by atoms with Gasteiger partial charge in [0.05, 0.1) is 16.3 Å². The molecule has 1 atom stereocenters. The van der Waals surface area contributed by atoms with Gasteiger partial charge in [0.15, 0.2) is 11.3 Å². The van der Waals surface area contributed by atoms with Gasteiger partial charge in [-0.2, -0.15) is 0 Å². The molecule has 1 fully saturated rings. The van der Waals surface area contributed by atoms with Gasteiger partial charge in [0.25, 0.3) is 10.0 Å². The molecule has 0 aliphatic carbocycles. The van der Waals surface area contributed by atoms with E-state index in [9.17, 15) is 13.2 Å². The number of rotatable bonds is 3. The molecule has 2 aliphatic heterocycles. The lowest BCUT2D eigenvalue weighted by atomic mass is 9.83. The van der Waals surface area contributed by atoms with Crippen molar-refractivity contribution < 1.29 is 12.8 Å². The first-order valence-corrected chi connectivity index (χ1v) is 13.1. The van der Waals surface area contributed by atoms with E-state index in [1.54, 1.807) is 30.3 Å². The predicted molar refractivity (Wildman–Crippen MR) is 134 cm³/mol. The maximum atomic E-state index is 13.1. The number of aryl methyl sites for hydroxylation is 1. The fourth-order valence-electron chi connectivity index (χ4n) is 4.71. The van der Waals surface area contributed by atoms with E-state index in [2.05, 4.69) is 23.5 Å². The third-order valence-electron chi connectivity index (χ3n) is 6.85. The number of nitrogens with one attached hydrogen (secondary N) is 1. The van der Waals surface area contributed by atoms with Gasteiger partial charge in [0, 0.05) is 30.3 Å². The van der Waals surface area contributed by atoms with Gasteiger partial charge >= 0.3 is 0 Å². The summed E-state index contributed by atoms with van der Waals surface area (Å²) in [5.74, 6) is 0.874. The highest BCUT2D eigenvalue weighted by molar-refractivity contribution is 7.90. The smallest absolute Gasteiger partial charge is 0.263 e. The molecule has 2 aliphatic rings. The zero-order chi connectivity index (χ0) is 24.3. The lowest BCUT2D eigenvalue weighted by Crippen LogP contribution is -2.37. The van der Waals surface area contributed by atoms with Crippen molar-refractivity contribution in [3.05, 3.63) is 69.4 Å². The first-order valence-electron chi connectivity index (χ1n) is 11.6. The van der Waals surface area contributed by atoms with E-state index in [0.717, 1.165) is 37.1 Å². The lowest BCUT2D eigenvalue weighted by molar-refractivity contribution is 0.274. The summed E-state index contributed by atoms with van der Waals surface area (Å²) in [5, 5.41) is 0.510. The summed E-state index contributed by atoms with van der Waals surface area (Å²) in [5.41, 5.74) is 2.92. The molecule has 2 aromatic carbocycles. The quantitative estimate of drug-likeness (QED) is 0.596. The van der Waals surface area contributed by atoms with Crippen molar-refractivity contribution in [1.82, 2.24) is 4.72 Å². The number of fused-ring (bicyclic) bond motifs is 2. The SMILES string of the molecule is Cc1cc(C(C)N=C2NS(=O)(=O)c3ccccc32)c2oc(N3CCC(C)(C)CC3)cc(=O)c2c1. The summed E-state index contributed by atoms with van der Waals surface area (Å²) in [7, 11) is -3.63. The number of hydrogen-bond donors (Lipinski definition) is 1. The van der Waals surface area contributed by atoms with E-state index >= 15 is 0 Å². The fourth-order valence-corrected chi connectivity index (χ4v) is 5.95. The number of hydrogen-bond acceptors (Lipinski definition) is 6. The van der Waals surface area contributed by atoms with Crippen LogP contribution in [0.25, 0.3) is 11.0 Å². The average molecular weight is 480 g/mol. The number of amidine groups is 1. The molecule has 1 aromatic heterocycles. The highest BCUT2D eigenvalue weighted by Crippen LogP contribution is 2.35. The predicted octanol–water partition coefficient (Wildman–Crippen LogP) is 4.53. The van der Waals surface area contributed by atoms with Crippen LogP contribution in [-0.4, -0.2) is 27.3 Å². The highest BCUT2D eigenvalue weighted by Gasteiger charge is 2.31. The zero-order valence-corrected chi connectivity index (χ0v) is 20.7. The Morgan fingerprint density at radius 3 is 2.56 bits per heavy atom. The Morgan fingerprint density at radius 2 is 1.82 bits per heavy atom. The minimum absolute atomic E-state index is 0.0854. The first kappa shape index (κ1) is 22.7. The molecule has 1 N–H and O–H groups in total. The van der Waals surface area contributed by atoms with Gasteiger partial charge in [-0.3, -0.25) is 14.5 Å². The monoisotopic (exact) mass is 479 g/mol. The zero-order valence-electron chi connectivity index (χ0n) is 19.9. The molecule has 0 amide bonds. The maximum Gasteiger partial charge on any atom is 0.263 e. The van der Waals surface area contributed by atoms with Crippen LogP contribution in [0.1, 0.15) is 56.3 Å². The molecule has 0 radical (unpaired) electrons. The molecule has 3 heterocycles. The Morgan fingerprint density at radius 1 is 1.12 bits per heavy atom. The van der Waals surface area contributed by atoms with Gasteiger partial charge in [-0.15, -0.1) is 0 Å².